The van der Waals surface area contributed by atoms with Crippen LogP contribution in [-0.4, -0.2) is 21.5 Å². The summed E-state index contributed by atoms with van der Waals surface area (Å²) in [5.74, 6) is -1.30. The SMILES string of the molecule is O=C(CSc1nc(C(F)(F)F)nc2ccccc12)c1cccs1. The van der Waals surface area contributed by atoms with E-state index in [1.165, 1.54) is 17.4 Å². The Labute approximate surface area is 137 Å². The summed E-state index contributed by atoms with van der Waals surface area (Å²) in [5, 5.41) is 2.44. The van der Waals surface area contributed by atoms with Crippen LogP contribution < -0.4 is 0 Å². The molecule has 0 amide bonds. The fourth-order valence-electron chi connectivity index (χ4n) is 1.93. The fraction of sp³-hybridized carbons (Fsp3) is 0.133. The Kier molecular flexibility index (Phi) is 4.36. The van der Waals surface area contributed by atoms with Crippen molar-refractivity contribution in [2.24, 2.45) is 0 Å². The zero-order chi connectivity index (χ0) is 16.4. The maximum absolute atomic E-state index is 12.9. The van der Waals surface area contributed by atoms with Gasteiger partial charge in [-0.3, -0.25) is 4.79 Å². The Morgan fingerprint density at radius 3 is 2.61 bits per heavy atom. The predicted molar refractivity (Wildman–Crippen MR) is 83.9 cm³/mol. The van der Waals surface area contributed by atoms with Crippen molar-refractivity contribution < 1.29 is 18.0 Å². The van der Waals surface area contributed by atoms with E-state index >= 15 is 0 Å². The van der Waals surface area contributed by atoms with E-state index in [1.807, 2.05) is 0 Å². The number of benzene rings is 1. The summed E-state index contributed by atoms with van der Waals surface area (Å²) in [5.41, 5.74) is 0.209. The van der Waals surface area contributed by atoms with Gasteiger partial charge in [0.15, 0.2) is 5.78 Å². The summed E-state index contributed by atoms with van der Waals surface area (Å²) in [4.78, 5) is 19.8. The van der Waals surface area contributed by atoms with E-state index in [4.69, 9.17) is 0 Å². The third kappa shape index (κ3) is 3.53. The molecule has 3 aromatic rings. The second-order valence-electron chi connectivity index (χ2n) is 4.56. The van der Waals surface area contributed by atoms with Crippen LogP contribution in [0.5, 0.6) is 0 Å². The molecular formula is C15H9F3N2OS2. The van der Waals surface area contributed by atoms with Crippen LogP contribution in [-0.2, 0) is 6.18 Å². The number of alkyl halides is 3. The molecule has 0 radical (unpaired) electrons. The van der Waals surface area contributed by atoms with Crippen LogP contribution in [0.25, 0.3) is 10.9 Å². The minimum atomic E-state index is -4.63. The number of aromatic nitrogens is 2. The van der Waals surface area contributed by atoms with Crippen LogP contribution >= 0.6 is 23.1 Å². The van der Waals surface area contributed by atoms with Gasteiger partial charge in [0.2, 0.25) is 5.82 Å². The first-order valence-corrected chi connectivity index (χ1v) is 8.35. The maximum atomic E-state index is 12.9. The fourth-order valence-corrected chi connectivity index (χ4v) is 3.58. The van der Waals surface area contributed by atoms with Gasteiger partial charge in [-0.2, -0.15) is 13.2 Å². The molecule has 3 nitrogen and oxygen atoms in total. The highest BCUT2D eigenvalue weighted by atomic mass is 32.2. The van der Waals surface area contributed by atoms with E-state index in [1.54, 1.807) is 35.7 Å². The molecule has 0 unspecified atom stereocenters. The number of thiophene rings is 1. The molecule has 0 aliphatic heterocycles. The lowest BCUT2D eigenvalue weighted by atomic mass is 10.2. The molecule has 0 fully saturated rings. The third-order valence-electron chi connectivity index (χ3n) is 2.96. The Morgan fingerprint density at radius 2 is 1.91 bits per heavy atom. The molecule has 1 aromatic carbocycles. The molecule has 118 valence electrons. The van der Waals surface area contributed by atoms with E-state index in [0.717, 1.165) is 11.8 Å². The summed E-state index contributed by atoms with van der Waals surface area (Å²) in [6, 6.07) is 9.90. The van der Waals surface area contributed by atoms with Crippen LogP contribution in [0, 0.1) is 0 Å². The van der Waals surface area contributed by atoms with Gasteiger partial charge in [-0.1, -0.05) is 36.0 Å². The van der Waals surface area contributed by atoms with Gasteiger partial charge < -0.3 is 0 Å². The smallest absolute Gasteiger partial charge is 0.292 e. The number of halogens is 3. The van der Waals surface area contributed by atoms with Gasteiger partial charge in [-0.25, -0.2) is 9.97 Å². The number of ketones is 1. The number of carbonyl (C=O) groups is 1. The summed E-state index contributed by atoms with van der Waals surface area (Å²) in [6.07, 6.45) is -4.63. The first-order valence-electron chi connectivity index (χ1n) is 6.48. The van der Waals surface area contributed by atoms with Crippen LogP contribution in [0.1, 0.15) is 15.5 Å². The zero-order valence-corrected chi connectivity index (χ0v) is 13.1. The van der Waals surface area contributed by atoms with Crippen molar-refractivity contribution in [1.29, 1.82) is 0 Å². The lowest BCUT2D eigenvalue weighted by molar-refractivity contribution is -0.145. The lowest BCUT2D eigenvalue weighted by Gasteiger charge is -2.09. The van der Waals surface area contributed by atoms with Gasteiger partial charge in [0.25, 0.3) is 0 Å². The van der Waals surface area contributed by atoms with Gasteiger partial charge >= 0.3 is 6.18 Å². The van der Waals surface area contributed by atoms with Gasteiger partial charge in [0.05, 0.1) is 16.1 Å². The Bertz CT molecular complexity index is 848. The monoisotopic (exact) mass is 354 g/mol. The van der Waals surface area contributed by atoms with E-state index in [2.05, 4.69) is 9.97 Å². The molecule has 0 aliphatic carbocycles. The normalized spacial score (nSPS) is 11.8. The molecule has 8 heteroatoms. The second kappa shape index (κ2) is 6.29. The highest BCUT2D eigenvalue weighted by Crippen LogP contribution is 2.32. The highest BCUT2D eigenvalue weighted by molar-refractivity contribution is 8.00. The summed E-state index contributed by atoms with van der Waals surface area (Å²) < 4.78 is 38.8. The molecule has 0 saturated carbocycles. The van der Waals surface area contributed by atoms with Gasteiger partial charge in [0.1, 0.15) is 5.03 Å². The highest BCUT2D eigenvalue weighted by Gasteiger charge is 2.35. The van der Waals surface area contributed by atoms with Gasteiger partial charge in [-0.15, -0.1) is 11.3 Å². The number of Topliss-reactive ketones (excluding diaryl/α,β-unsaturated/α-hetero) is 1. The lowest BCUT2D eigenvalue weighted by Crippen LogP contribution is -2.12. The van der Waals surface area contributed by atoms with Crippen LogP contribution in [0.15, 0.2) is 46.8 Å². The van der Waals surface area contributed by atoms with E-state index in [9.17, 15) is 18.0 Å². The molecule has 2 aromatic heterocycles. The molecular weight excluding hydrogens is 345 g/mol. The first-order chi connectivity index (χ1) is 10.9. The minimum absolute atomic E-state index is 0.0266. The Balaban J connectivity index is 1.94. The number of fused-ring (bicyclic) bond motifs is 1. The molecule has 2 heterocycles. The van der Waals surface area contributed by atoms with Crippen molar-refractivity contribution in [1.82, 2.24) is 9.97 Å². The quantitative estimate of drug-likeness (QED) is 0.387. The summed E-state index contributed by atoms with van der Waals surface area (Å²) >= 11 is 2.29. The van der Waals surface area contributed by atoms with Crippen LogP contribution in [0.4, 0.5) is 13.2 Å². The Hall–Kier alpha value is -1.93. The Morgan fingerprint density at radius 1 is 1.13 bits per heavy atom. The molecule has 0 atom stereocenters. The standard InChI is InChI=1S/C15H9F3N2OS2/c16-15(17,18)14-19-10-5-2-1-4-9(10)13(20-14)23-8-11(21)12-6-3-7-22-12/h1-7H,8H2. The minimum Gasteiger partial charge on any atom is -0.292 e. The third-order valence-corrected chi connectivity index (χ3v) is 4.86. The average molecular weight is 354 g/mol. The number of nitrogens with zero attached hydrogens (tertiary/aromatic N) is 2. The number of rotatable bonds is 4. The summed E-state index contributed by atoms with van der Waals surface area (Å²) in [7, 11) is 0. The molecule has 0 saturated heterocycles. The number of para-hydroxylation sites is 1. The van der Waals surface area contributed by atoms with E-state index < -0.39 is 12.0 Å². The maximum Gasteiger partial charge on any atom is 0.451 e. The number of thioether (sulfide) groups is 1. The molecule has 3 rings (SSSR count). The molecule has 0 spiro atoms. The number of carbonyl (C=O) groups excluding carboxylic acids is 1. The molecule has 0 N–H and O–H groups in total. The van der Waals surface area contributed by atoms with Crippen molar-refractivity contribution in [3.63, 3.8) is 0 Å². The molecule has 0 bridgehead atoms. The van der Waals surface area contributed by atoms with Crippen molar-refractivity contribution >= 4 is 39.8 Å². The molecule has 0 aliphatic rings. The van der Waals surface area contributed by atoms with E-state index in [-0.39, 0.29) is 22.1 Å². The molecule has 23 heavy (non-hydrogen) atoms. The van der Waals surface area contributed by atoms with Crippen molar-refractivity contribution in [2.45, 2.75) is 11.2 Å². The first kappa shape index (κ1) is 15.9. The van der Waals surface area contributed by atoms with Crippen molar-refractivity contribution in [3.8, 4) is 0 Å². The zero-order valence-electron chi connectivity index (χ0n) is 11.5. The van der Waals surface area contributed by atoms with Crippen LogP contribution in [0.3, 0.4) is 0 Å². The largest absolute Gasteiger partial charge is 0.451 e. The van der Waals surface area contributed by atoms with Gasteiger partial charge in [-0.05, 0) is 17.5 Å². The second-order valence-corrected chi connectivity index (χ2v) is 6.47. The summed E-state index contributed by atoms with van der Waals surface area (Å²) in [6.45, 7) is 0. The number of hydrogen-bond acceptors (Lipinski definition) is 5. The van der Waals surface area contributed by atoms with Crippen molar-refractivity contribution in [3.05, 3.63) is 52.5 Å². The number of hydrogen-bond donors (Lipinski definition) is 0. The predicted octanol–water partition coefficient (Wildman–Crippen LogP) is 4.69. The van der Waals surface area contributed by atoms with Gasteiger partial charge in [0, 0.05) is 5.39 Å². The van der Waals surface area contributed by atoms with E-state index in [0.29, 0.717) is 10.3 Å². The van der Waals surface area contributed by atoms with Crippen molar-refractivity contribution in [2.75, 3.05) is 5.75 Å². The average Bonchev–Trinajstić information content (AvgIpc) is 3.05. The van der Waals surface area contributed by atoms with Crippen LogP contribution in [0.2, 0.25) is 0 Å². The topological polar surface area (TPSA) is 42.9 Å².